The Balaban J connectivity index is 1.66. The van der Waals surface area contributed by atoms with Gasteiger partial charge in [0.2, 0.25) is 0 Å². The van der Waals surface area contributed by atoms with Crippen molar-refractivity contribution in [2.45, 2.75) is 51.1 Å². The summed E-state index contributed by atoms with van der Waals surface area (Å²) in [5.74, 6) is -0.187. The molecule has 0 unspecified atom stereocenters. The quantitative estimate of drug-likeness (QED) is 0.327. The van der Waals surface area contributed by atoms with Crippen molar-refractivity contribution in [3.05, 3.63) is 82.5 Å². The maximum atomic E-state index is 13.7. The molecule has 1 fully saturated rings. The molecule has 0 radical (unpaired) electrons. The van der Waals surface area contributed by atoms with Gasteiger partial charge in [-0.15, -0.1) is 0 Å². The van der Waals surface area contributed by atoms with E-state index in [1.54, 1.807) is 15.7 Å². The zero-order valence-corrected chi connectivity index (χ0v) is 20.7. The van der Waals surface area contributed by atoms with E-state index in [0.29, 0.717) is 28.0 Å². The van der Waals surface area contributed by atoms with Gasteiger partial charge in [0.05, 0.1) is 22.9 Å². The second kappa shape index (κ2) is 10.6. The molecule has 2 heterocycles. The number of halogens is 2. The molecule has 7 nitrogen and oxygen atoms in total. The third-order valence-corrected chi connectivity index (χ3v) is 6.95. The van der Waals surface area contributed by atoms with Crippen LogP contribution in [0.25, 0.3) is 16.9 Å². The van der Waals surface area contributed by atoms with Crippen LogP contribution in [0.4, 0.5) is 0 Å². The van der Waals surface area contributed by atoms with Crippen LogP contribution in [0.5, 0.6) is 0 Å². The number of nitrogens with one attached hydrogen (secondary N) is 1. The van der Waals surface area contributed by atoms with Crippen molar-refractivity contribution in [3.8, 4) is 16.9 Å². The molecule has 180 valence electrons. The molecule has 0 bridgehead atoms. The fourth-order valence-electron chi connectivity index (χ4n) is 4.64. The molecule has 35 heavy (non-hydrogen) atoms. The minimum atomic E-state index is -0.187. The number of nitrogens with zero attached hydrogens (tertiary/aromatic N) is 5. The largest absolute Gasteiger partial charge is 0.348 e. The zero-order valence-electron chi connectivity index (χ0n) is 19.2. The highest BCUT2D eigenvalue weighted by Crippen LogP contribution is 2.33. The molecular weight excluding hydrogens is 483 g/mol. The summed E-state index contributed by atoms with van der Waals surface area (Å²) >= 11 is 12.8. The zero-order chi connectivity index (χ0) is 24.2. The minimum Gasteiger partial charge on any atom is -0.348 e. The SMILES string of the molecule is O=C(NC1CCCCCC1)c1nn(-c2ccccc2Cl)c(-c2ccc(Cl)cc2)c1Cn1cncn1. The highest BCUT2D eigenvalue weighted by molar-refractivity contribution is 6.32. The lowest BCUT2D eigenvalue weighted by Gasteiger charge is -2.16. The van der Waals surface area contributed by atoms with Gasteiger partial charge in [-0.25, -0.2) is 14.3 Å². The summed E-state index contributed by atoms with van der Waals surface area (Å²) in [6.07, 6.45) is 9.76. The van der Waals surface area contributed by atoms with Gasteiger partial charge in [0.15, 0.2) is 5.69 Å². The van der Waals surface area contributed by atoms with E-state index in [2.05, 4.69) is 15.4 Å². The second-order valence-electron chi connectivity index (χ2n) is 8.80. The first-order chi connectivity index (χ1) is 17.1. The summed E-state index contributed by atoms with van der Waals surface area (Å²) in [5, 5.41) is 13.5. The Morgan fingerprint density at radius 1 is 1.00 bits per heavy atom. The summed E-state index contributed by atoms with van der Waals surface area (Å²) in [7, 11) is 0. The Morgan fingerprint density at radius 2 is 1.74 bits per heavy atom. The van der Waals surface area contributed by atoms with Crippen LogP contribution in [0.2, 0.25) is 10.0 Å². The van der Waals surface area contributed by atoms with E-state index in [9.17, 15) is 4.79 Å². The Hall–Kier alpha value is -3.16. The number of rotatable bonds is 6. The summed E-state index contributed by atoms with van der Waals surface area (Å²) in [4.78, 5) is 17.7. The molecule has 4 aromatic rings. The van der Waals surface area contributed by atoms with E-state index in [-0.39, 0.29) is 11.9 Å². The Kier molecular flexibility index (Phi) is 7.16. The van der Waals surface area contributed by atoms with Crippen LogP contribution >= 0.6 is 23.2 Å². The molecule has 0 atom stereocenters. The first kappa shape index (κ1) is 23.6. The predicted molar refractivity (Wildman–Crippen MR) is 137 cm³/mol. The smallest absolute Gasteiger partial charge is 0.272 e. The Labute approximate surface area is 214 Å². The van der Waals surface area contributed by atoms with E-state index >= 15 is 0 Å². The lowest BCUT2D eigenvalue weighted by molar-refractivity contribution is 0.0926. The number of para-hydroxylation sites is 1. The Morgan fingerprint density at radius 3 is 2.43 bits per heavy atom. The highest BCUT2D eigenvalue weighted by atomic mass is 35.5. The van der Waals surface area contributed by atoms with Crippen molar-refractivity contribution in [1.29, 1.82) is 0 Å². The van der Waals surface area contributed by atoms with Gasteiger partial charge in [-0.1, -0.05) is 73.2 Å². The number of amides is 1. The topological polar surface area (TPSA) is 77.6 Å². The molecule has 1 saturated carbocycles. The van der Waals surface area contributed by atoms with Crippen LogP contribution in [0.3, 0.4) is 0 Å². The fraction of sp³-hybridized carbons (Fsp3) is 0.308. The van der Waals surface area contributed by atoms with E-state index in [0.717, 1.165) is 42.5 Å². The van der Waals surface area contributed by atoms with Gasteiger partial charge in [0.25, 0.3) is 5.91 Å². The fourth-order valence-corrected chi connectivity index (χ4v) is 4.98. The van der Waals surface area contributed by atoms with Crippen LogP contribution in [-0.2, 0) is 6.54 Å². The maximum absolute atomic E-state index is 13.7. The summed E-state index contributed by atoms with van der Waals surface area (Å²) in [6, 6.07) is 15.1. The number of aromatic nitrogens is 5. The number of hydrogen-bond donors (Lipinski definition) is 1. The molecule has 2 aromatic heterocycles. The normalized spacial score (nSPS) is 14.6. The molecule has 1 amide bonds. The molecule has 5 rings (SSSR count). The van der Waals surface area contributed by atoms with Crippen LogP contribution < -0.4 is 5.32 Å². The molecule has 1 aliphatic rings. The number of carbonyl (C=O) groups excluding carboxylic acids is 1. The van der Waals surface area contributed by atoms with Gasteiger partial charge < -0.3 is 5.32 Å². The molecule has 1 N–H and O–H groups in total. The molecular formula is C26H26Cl2N6O. The van der Waals surface area contributed by atoms with Crippen molar-refractivity contribution in [2.75, 3.05) is 0 Å². The lowest BCUT2D eigenvalue weighted by atomic mass is 10.0. The second-order valence-corrected chi connectivity index (χ2v) is 9.64. The van der Waals surface area contributed by atoms with E-state index in [4.69, 9.17) is 28.3 Å². The summed E-state index contributed by atoms with van der Waals surface area (Å²) in [6.45, 7) is 0.329. The summed E-state index contributed by atoms with van der Waals surface area (Å²) < 4.78 is 3.44. The number of hydrogen-bond acceptors (Lipinski definition) is 4. The third-order valence-electron chi connectivity index (χ3n) is 6.37. The lowest BCUT2D eigenvalue weighted by Crippen LogP contribution is -2.35. The third kappa shape index (κ3) is 5.26. The highest BCUT2D eigenvalue weighted by Gasteiger charge is 2.27. The van der Waals surface area contributed by atoms with Crippen LogP contribution in [-0.4, -0.2) is 36.5 Å². The Bertz CT molecular complexity index is 1290. The van der Waals surface area contributed by atoms with Crippen molar-refractivity contribution in [1.82, 2.24) is 29.9 Å². The molecule has 1 aliphatic carbocycles. The van der Waals surface area contributed by atoms with Gasteiger partial charge >= 0.3 is 0 Å². The van der Waals surface area contributed by atoms with Crippen molar-refractivity contribution in [2.24, 2.45) is 0 Å². The van der Waals surface area contributed by atoms with Gasteiger partial charge in [-0.2, -0.15) is 10.2 Å². The molecule has 0 spiro atoms. The average Bonchev–Trinajstić information content (AvgIpc) is 3.42. The monoisotopic (exact) mass is 508 g/mol. The van der Waals surface area contributed by atoms with Crippen molar-refractivity contribution in [3.63, 3.8) is 0 Å². The first-order valence-corrected chi connectivity index (χ1v) is 12.6. The van der Waals surface area contributed by atoms with Crippen molar-refractivity contribution >= 4 is 29.1 Å². The van der Waals surface area contributed by atoms with Crippen molar-refractivity contribution < 1.29 is 4.79 Å². The van der Waals surface area contributed by atoms with E-state index in [1.807, 2.05) is 48.5 Å². The standard InChI is InChI=1S/C26H26Cl2N6O/c27-19-13-11-18(12-14-19)25-21(15-33-17-29-16-30-33)24(26(35)31-20-7-3-1-2-4-8-20)32-34(25)23-10-6-5-9-22(23)28/h5-6,9-14,16-17,20H,1-4,7-8,15H2,(H,31,35). The molecule has 9 heteroatoms. The average molecular weight is 509 g/mol. The minimum absolute atomic E-state index is 0.147. The van der Waals surface area contributed by atoms with Gasteiger partial charge in [0.1, 0.15) is 12.7 Å². The first-order valence-electron chi connectivity index (χ1n) is 11.9. The number of carbonyl (C=O) groups is 1. The summed E-state index contributed by atoms with van der Waals surface area (Å²) in [5.41, 5.74) is 3.41. The van der Waals surface area contributed by atoms with E-state index < -0.39 is 0 Å². The van der Waals surface area contributed by atoms with Crippen LogP contribution in [0.15, 0.2) is 61.2 Å². The predicted octanol–water partition coefficient (Wildman–Crippen LogP) is 5.94. The van der Waals surface area contributed by atoms with Gasteiger partial charge in [-0.3, -0.25) is 4.79 Å². The number of benzene rings is 2. The molecule has 0 saturated heterocycles. The van der Waals surface area contributed by atoms with E-state index in [1.165, 1.54) is 19.2 Å². The molecule has 2 aromatic carbocycles. The van der Waals surface area contributed by atoms with Crippen LogP contribution in [0, 0.1) is 0 Å². The molecule has 0 aliphatic heterocycles. The maximum Gasteiger partial charge on any atom is 0.272 e. The van der Waals surface area contributed by atoms with Gasteiger partial charge in [-0.05, 0) is 37.1 Å². The van der Waals surface area contributed by atoms with Crippen LogP contribution in [0.1, 0.15) is 54.6 Å². The van der Waals surface area contributed by atoms with Gasteiger partial charge in [0, 0.05) is 22.2 Å².